The Morgan fingerprint density at radius 3 is 2.28 bits per heavy atom. The quantitative estimate of drug-likeness (QED) is 0.425. The van der Waals surface area contributed by atoms with Crippen LogP contribution >= 0.6 is 0 Å². The number of rotatable bonds is 8. The highest BCUT2D eigenvalue weighted by atomic mass is 16.4. The monoisotopic (exact) mass is 259 g/mol. The highest BCUT2D eigenvalue weighted by Gasteiger charge is 2.22. The van der Waals surface area contributed by atoms with Gasteiger partial charge in [-0.3, -0.25) is 14.4 Å². The van der Waals surface area contributed by atoms with Gasteiger partial charge in [0.2, 0.25) is 11.8 Å². The van der Waals surface area contributed by atoms with Crippen molar-refractivity contribution in [2.75, 3.05) is 6.54 Å². The highest BCUT2D eigenvalue weighted by Crippen LogP contribution is 2.01. The second kappa shape index (κ2) is 8.46. The van der Waals surface area contributed by atoms with Gasteiger partial charge in [0.15, 0.2) is 0 Å². The molecule has 18 heavy (non-hydrogen) atoms. The molecule has 7 heteroatoms. The molecule has 0 aliphatic carbocycles. The number of carbonyl (C=O) groups excluding carboxylic acids is 2. The minimum absolute atomic E-state index is 0.328. The summed E-state index contributed by atoms with van der Waals surface area (Å²) in [4.78, 5) is 33.4. The van der Waals surface area contributed by atoms with Gasteiger partial charge in [0.1, 0.15) is 12.1 Å². The number of carboxylic acid groups (broad SMARTS) is 1. The van der Waals surface area contributed by atoms with Gasteiger partial charge in [0.05, 0.1) is 0 Å². The molecule has 2 amide bonds. The Hall–Kier alpha value is -1.63. The molecule has 5 N–H and O–H groups in total. The summed E-state index contributed by atoms with van der Waals surface area (Å²) in [5, 5.41) is 13.5. The van der Waals surface area contributed by atoms with Crippen molar-refractivity contribution in [3.63, 3.8) is 0 Å². The first-order valence-electron chi connectivity index (χ1n) is 5.88. The van der Waals surface area contributed by atoms with Gasteiger partial charge in [-0.2, -0.15) is 0 Å². The number of hydrogen-bond donors (Lipinski definition) is 4. The molecule has 0 spiro atoms. The van der Waals surface area contributed by atoms with Crippen molar-refractivity contribution in [3.05, 3.63) is 0 Å². The Morgan fingerprint density at radius 2 is 1.83 bits per heavy atom. The zero-order valence-corrected chi connectivity index (χ0v) is 10.7. The molecule has 0 unspecified atom stereocenters. The molecular weight excluding hydrogens is 238 g/mol. The normalized spacial score (nSPS) is 13.5. The molecule has 0 bridgehead atoms. The van der Waals surface area contributed by atoms with Crippen LogP contribution in [0.4, 0.5) is 0 Å². The SMILES string of the molecule is CC(=O)N[C@@H](CCCCN)C(=O)N[C@H](C)C(=O)O. The minimum atomic E-state index is -1.12. The van der Waals surface area contributed by atoms with Crippen LogP contribution in [0.25, 0.3) is 0 Å². The number of hydrogen-bond acceptors (Lipinski definition) is 4. The topological polar surface area (TPSA) is 122 Å². The first-order valence-corrected chi connectivity index (χ1v) is 5.88. The van der Waals surface area contributed by atoms with Crippen LogP contribution in [0.2, 0.25) is 0 Å². The summed E-state index contributed by atoms with van der Waals surface area (Å²) >= 11 is 0. The number of unbranched alkanes of at least 4 members (excludes halogenated alkanes) is 1. The zero-order chi connectivity index (χ0) is 14.1. The number of nitrogens with two attached hydrogens (primary N) is 1. The van der Waals surface area contributed by atoms with Gasteiger partial charge in [-0.25, -0.2) is 0 Å². The summed E-state index contributed by atoms with van der Waals surface area (Å²) in [5.41, 5.74) is 5.35. The summed E-state index contributed by atoms with van der Waals surface area (Å²) in [5.74, 6) is -1.94. The van der Waals surface area contributed by atoms with Crippen LogP contribution in [-0.4, -0.2) is 41.5 Å². The molecule has 0 aromatic heterocycles. The fourth-order valence-electron chi connectivity index (χ4n) is 1.38. The van der Waals surface area contributed by atoms with E-state index in [0.717, 1.165) is 6.42 Å². The Balaban J connectivity index is 4.38. The molecule has 0 fully saturated rings. The third-order valence-corrected chi connectivity index (χ3v) is 2.37. The van der Waals surface area contributed by atoms with Crippen molar-refractivity contribution in [2.24, 2.45) is 5.73 Å². The first kappa shape index (κ1) is 16.4. The predicted octanol–water partition coefficient (Wildman–Crippen LogP) is -0.791. The van der Waals surface area contributed by atoms with Crippen LogP contribution in [0.1, 0.15) is 33.1 Å². The maximum absolute atomic E-state index is 11.8. The van der Waals surface area contributed by atoms with Crippen LogP contribution in [0, 0.1) is 0 Å². The smallest absolute Gasteiger partial charge is 0.325 e. The summed E-state index contributed by atoms with van der Waals surface area (Å²) in [6, 6.07) is -1.70. The Bertz CT molecular complexity index is 307. The molecule has 0 saturated heterocycles. The first-order chi connectivity index (χ1) is 8.38. The fourth-order valence-corrected chi connectivity index (χ4v) is 1.38. The molecule has 2 atom stereocenters. The van der Waals surface area contributed by atoms with Crippen molar-refractivity contribution in [1.29, 1.82) is 0 Å². The molecule has 0 aliphatic rings. The van der Waals surface area contributed by atoms with Gasteiger partial charge in [-0.05, 0) is 32.7 Å². The van der Waals surface area contributed by atoms with Crippen LogP contribution in [0.3, 0.4) is 0 Å². The van der Waals surface area contributed by atoms with Crippen LogP contribution < -0.4 is 16.4 Å². The lowest BCUT2D eigenvalue weighted by Crippen LogP contribution is -2.50. The van der Waals surface area contributed by atoms with E-state index in [9.17, 15) is 14.4 Å². The maximum Gasteiger partial charge on any atom is 0.325 e. The van der Waals surface area contributed by atoms with E-state index in [4.69, 9.17) is 10.8 Å². The van der Waals surface area contributed by atoms with Gasteiger partial charge < -0.3 is 21.5 Å². The molecule has 0 heterocycles. The Kier molecular flexibility index (Phi) is 7.69. The van der Waals surface area contributed by atoms with E-state index in [0.29, 0.717) is 19.4 Å². The van der Waals surface area contributed by atoms with Crippen molar-refractivity contribution >= 4 is 17.8 Å². The van der Waals surface area contributed by atoms with E-state index in [2.05, 4.69) is 10.6 Å². The number of carboxylic acids is 1. The molecule has 0 aromatic carbocycles. The third-order valence-electron chi connectivity index (χ3n) is 2.37. The number of carbonyl (C=O) groups is 3. The van der Waals surface area contributed by atoms with Crippen LogP contribution in [-0.2, 0) is 14.4 Å². The van der Waals surface area contributed by atoms with Gasteiger partial charge >= 0.3 is 5.97 Å². The van der Waals surface area contributed by atoms with Gasteiger partial charge in [0.25, 0.3) is 0 Å². The van der Waals surface area contributed by atoms with E-state index >= 15 is 0 Å². The molecule has 0 aliphatic heterocycles. The average Bonchev–Trinajstić information content (AvgIpc) is 2.27. The second-order valence-electron chi connectivity index (χ2n) is 4.11. The summed E-state index contributed by atoms with van der Waals surface area (Å²) < 4.78 is 0. The predicted molar refractivity (Wildman–Crippen MR) is 65.8 cm³/mol. The summed E-state index contributed by atoms with van der Waals surface area (Å²) in [6.45, 7) is 3.19. The number of amides is 2. The lowest BCUT2D eigenvalue weighted by atomic mass is 10.1. The molecule has 0 rings (SSSR count). The standard InChI is InChI=1S/C11H21N3O4/c1-7(11(17)18)13-10(16)9(14-8(2)15)5-3-4-6-12/h7,9H,3-6,12H2,1-2H3,(H,13,16)(H,14,15)(H,17,18)/t7-,9+/m1/s1. The lowest BCUT2D eigenvalue weighted by Gasteiger charge is -2.19. The summed E-state index contributed by atoms with van der Waals surface area (Å²) in [6.07, 6.45) is 1.88. The Labute approximate surface area is 106 Å². The van der Waals surface area contributed by atoms with Gasteiger partial charge in [-0.1, -0.05) is 0 Å². The van der Waals surface area contributed by atoms with Crippen molar-refractivity contribution in [1.82, 2.24) is 10.6 Å². The minimum Gasteiger partial charge on any atom is -0.480 e. The Morgan fingerprint density at radius 1 is 1.22 bits per heavy atom. The molecule has 7 nitrogen and oxygen atoms in total. The van der Waals surface area contributed by atoms with E-state index < -0.39 is 24.0 Å². The second-order valence-corrected chi connectivity index (χ2v) is 4.11. The van der Waals surface area contributed by atoms with Crippen molar-refractivity contribution in [2.45, 2.75) is 45.2 Å². The third kappa shape index (κ3) is 6.85. The number of nitrogens with one attached hydrogen (secondary N) is 2. The van der Waals surface area contributed by atoms with Crippen molar-refractivity contribution < 1.29 is 19.5 Å². The lowest BCUT2D eigenvalue weighted by molar-refractivity contribution is -0.141. The fraction of sp³-hybridized carbons (Fsp3) is 0.727. The highest BCUT2D eigenvalue weighted by molar-refractivity contribution is 5.89. The van der Waals surface area contributed by atoms with E-state index in [-0.39, 0.29) is 5.91 Å². The molecule has 104 valence electrons. The molecule has 0 saturated carbocycles. The molecule has 0 radical (unpaired) electrons. The summed E-state index contributed by atoms with van der Waals surface area (Å²) in [7, 11) is 0. The van der Waals surface area contributed by atoms with E-state index in [1.54, 1.807) is 0 Å². The largest absolute Gasteiger partial charge is 0.480 e. The van der Waals surface area contributed by atoms with Crippen molar-refractivity contribution in [3.8, 4) is 0 Å². The number of aliphatic carboxylic acids is 1. The van der Waals surface area contributed by atoms with E-state index in [1.807, 2.05) is 0 Å². The van der Waals surface area contributed by atoms with Gasteiger partial charge in [-0.15, -0.1) is 0 Å². The van der Waals surface area contributed by atoms with Crippen LogP contribution in [0.5, 0.6) is 0 Å². The molecule has 0 aromatic rings. The van der Waals surface area contributed by atoms with Gasteiger partial charge in [0, 0.05) is 6.92 Å². The zero-order valence-electron chi connectivity index (χ0n) is 10.7. The molecular formula is C11H21N3O4. The van der Waals surface area contributed by atoms with E-state index in [1.165, 1.54) is 13.8 Å². The maximum atomic E-state index is 11.8. The van der Waals surface area contributed by atoms with Crippen LogP contribution in [0.15, 0.2) is 0 Å². The average molecular weight is 259 g/mol.